The van der Waals surface area contributed by atoms with E-state index in [1.807, 2.05) is 32.0 Å². The van der Waals surface area contributed by atoms with Gasteiger partial charge in [-0.1, -0.05) is 23.9 Å². The van der Waals surface area contributed by atoms with Crippen molar-refractivity contribution in [2.45, 2.75) is 32.9 Å². The molecule has 7 nitrogen and oxygen atoms in total. The number of hydrogen-bond donors (Lipinski definition) is 2. The predicted molar refractivity (Wildman–Crippen MR) is 103 cm³/mol. The lowest BCUT2D eigenvalue weighted by Crippen LogP contribution is -2.21. The van der Waals surface area contributed by atoms with Crippen LogP contribution in [0.25, 0.3) is 0 Å². The molecule has 0 atom stereocenters. The molecule has 0 saturated heterocycles. The lowest BCUT2D eigenvalue weighted by molar-refractivity contribution is -0.118. The number of aryl methyl sites for hydroxylation is 2. The van der Waals surface area contributed by atoms with Gasteiger partial charge >= 0.3 is 0 Å². The highest BCUT2D eigenvalue weighted by molar-refractivity contribution is 7.99. The number of aromatic nitrogens is 2. The van der Waals surface area contributed by atoms with E-state index in [1.54, 1.807) is 19.1 Å². The minimum absolute atomic E-state index is 0.124. The minimum Gasteiger partial charge on any atom is -0.326 e. The van der Waals surface area contributed by atoms with Crippen LogP contribution < -0.4 is 10.7 Å². The first-order chi connectivity index (χ1) is 12.3. The van der Waals surface area contributed by atoms with Gasteiger partial charge in [0, 0.05) is 24.0 Å². The van der Waals surface area contributed by atoms with Gasteiger partial charge in [-0.2, -0.15) is 5.10 Å². The molecule has 0 unspecified atom stereocenters. The number of hydrazone groups is 1. The minimum atomic E-state index is -0.230. The Bertz CT molecular complexity index is 814. The van der Waals surface area contributed by atoms with E-state index in [1.165, 1.54) is 18.7 Å². The summed E-state index contributed by atoms with van der Waals surface area (Å²) in [5, 5.41) is 7.38. The normalized spacial score (nSPS) is 11.2. The standard InChI is InChI=1S/C18H21N5O2S/c1-11-9-12(2)20-18(19-11)26-10-17(25)23-22-13(3)15-5-7-16(8-6-15)21-14(4)24/h5-9H,10H2,1-4H3,(H,21,24)(H,23,25)/b22-13-. The molecule has 136 valence electrons. The summed E-state index contributed by atoms with van der Waals surface area (Å²) in [5.74, 6) is -0.172. The molecule has 1 aromatic heterocycles. The third kappa shape index (κ3) is 6.29. The van der Waals surface area contributed by atoms with Gasteiger partial charge in [-0.25, -0.2) is 15.4 Å². The van der Waals surface area contributed by atoms with Gasteiger partial charge < -0.3 is 5.32 Å². The number of thioether (sulfide) groups is 1. The van der Waals surface area contributed by atoms with E-state index in [4.69, 9.17) is 0 Å². The fraction of sp³-hybridized carbons (Fsp3) is 0.278. The summed E-state index contributed by atoms with van der Waals surface area (Å²) < 4.78 is 0. The highest BCUT2D eigenvalue weighted by atomic mass is 32.2. The second-order valence-corrected chi connectivity index (χ2v) is 6.66. The molecule has 0 saturated carbocycles. The number of nitrogens with one attached hydrogen (secondary N) is 2. The van der Waals surface area contributed by atoms with Gasteiger partial charge in [0.2, 0.25) is 5.91 Å². The number of rotatable bonds is 6. The zero-order chi connectivity index (χ0) is 19.1. The fourth-order valence-corrected chi connectivity index (χ4v) is 2.87. The molecular weight excluding hydrogens is 350 g/mol. The highest BCUT2D eigenvalue weighted by Crippen LogP contribution is 2.14. The van der Waals surface area contributed by atoms with Crippen molar-refractivity contribution in [1.82, 2.24) is 15.4 Å². The SMILES string of the molecule is CC(=O)Nc1ccc(/C(C)=N\NC(=O)CSc2nc(C)cc(C)n2)cc1. The quantitative estimate of drug-likeness (QED) is 0.352. The number of carbonyl (C=O) groups excluding carboxylic acids is 2. The summed E-state index contributed by atoms with van der Waals surface area (Å²) in [6.07, 6.45) is 0. The van der Waals surface area contributed by atoms with Gasteiger partial charge in [-0.05, 0) is 44.5 Å². The van der Waals surface area contributed by atoms with Crippen molar-refractivity contribution in [2.24, 2.45) is 5.10 Å². The molecule has 0 bridgehead atoms. The summed E-state index contributed by atoms with van der Waals surface area (Å²) in [4.78, 5) is 31.5. The number of anilines is 1. The lowest BCUT2D eigenvalue weighted by Gasteiger charge is -2.05. The summed E-state index contributed by atoms with van der Waals surface area (Å²) in [7, 11) is 0. The van der Waals surface area contributed by atoms with Crippen LogP contribution in [-0.4, -0.2) is 33.2 Å². The molecule has 1 aromatic carbocycles. The Hall–Kier alpha value is -2.74. The number of amides is 2. The fourth-order valence-electron chi connectivity index (χ4n) is 2.13. The zero-order valence-electron chi connectivity index (χ0n) is 15.2. The van der Waals surface area contributed by atoms with Gasteiger partial charge in [-0.3, -0.25) is 9.59 Å². The van der Waals surface area contributed by atoms with E-state index < -0.39 is 0 Å². The van der Waals surface area contributed by atoms with E-state index in [2.05, 4.69) is 25.8 Å². The molecule has 0 radical (unpaired) electrons. The van der Waals surface area contributed by atoms with E-state index in [9.17, 15) is 9.59 Å². The van der Waals surface area contributed by atoms with Crippen molar-refractivity contribution >= 4 is 35.0 Å². The van der Waals surface area contributed by atoms with Gasteiger partial charge in [0.15, 0.2) is 5.16 Å². The molecule has 2 amide bonds. The second-order valence-electron chi connectivity index (χ2n) is 5.71. The Kier molecular flexibility index (Phi) is 6.85. The number of benzene rings is 1. The van der Waals surface area contributed by atoms with Crippen LogP contribution in [0.3, 0.4) is 0 Å². The molecule has 2 N–H and O–H groups in total. The third-order valence-corrected chi connectivity index (χ3v) is 4.11. The Morgan fingerprint density at radius 1 is 1.08 bits per heavy atom. The Balaban J connectivity index is 1.89. The Labute approximate surface area is 156 Å². The van der Waals surface area contributed by atoms with Crippen molar-refractivity contribution in [3.8, 4) is 0 Å². The van der Waals surface area contributed by atoms with Crippen LogP contribution in [0.15, 0.2) is 40.6 Å². The average molecular weight is 371 g/mol. The first kappa shape index (κ1) is 19.6. The summed E-state index contributed by atoms with van der Waals surface area (Å²) >= 11 is 1.27. The van der Waals surface area contributed by atoms with Crippen LogP contribution >= 0.6 is 11.8 Å². The molecular formula is C18H21N5O2S. The molecule has 0 spiro atoms. The third-order valence-electron chi connectivity index (χ3n) is 3.27. The van der Waals surface area contributed by atoms with Crippen LogP contribution in [0.1, 0.15) is 30.8 Å². The van der Waals surface area contributed by atoms with Crippen LogP contribution in [0.2, 0.25) is 0 Å². The average Bonchev–Trinajstić information content (AvgIpc) is 2.57. The van der Waals surface area contributed by atoms with Crippen LogP contribution in [0, 0.1) is 13.8 Å². The van der Waals surface area contributed by atoms with Crippen molar-refractivity contribution < 1.29 is 9.59 Å². The molecule has 0 aliphatic carbocycles. The molecule has 0 aliphatic rings. The molecule has 8 heteroatoms. The maximum absolute atomic E-state index is 12.0. The van der Waals surface area contributed by atoms with Crippen LogP contribution in [-0.2, 0) is 9.59 Å². The maximum atomic E-state index is 12.0. The van der Waals surface area contributed by atoms with Gasteiger partial charge in [-0.15, -0.1) is 0 Å². The number of hydrogen-bond acceptors (Lipinski definition) is 6. The van der Waals surface area contributed by atoms with Gasteiger partial charge in [0.05, 0.1) is 11.5 Å². The van der Waals surface area contributed by atoms with Crippen LogP contribution in [0.4, 0.5) is 5.69 Å². The van der Waals surface area contributed by atoms with Gasteiger partial charge in [0.1, 0.15) is 0 Å². The highest BCUT2D eigenvalue weighted by Gasteiger charge is 2.06. The van der Waals surface area contributed by atoms with E-state index >= 15 is 0 Å². The topological polar surface area (TPSA) is 96.3 Å². The lowest BCUT2D eigenvalue weighted by atomic mass is 10.1. The van der Waals surface area contributed by atoms with E-state index in [0.29, 0.717) is 16.6 Å². The van der Waals surface area contributed by atoms with Crippen molar-refractivity contribution in [1.29, 1.82) is 0 Å². The van der Waals surface area contributed by atoms with Crippen molar-refractivity contribution in [3.63, 3.8) is 0 Å². The maximum Gasteiger partial charge on any atom is 0.250 e. The Morgan fingerprint density at radius 3 is 2.27 bits per heavy atom. The Morgan fingerprint density at radius 2 is 1.69 bits per heavy atom. The predicted octanol–water partition coefficient (Wildman–Crippen LogP) is 2.68. The van der Waals surface area contributed by atoms with Crippen molar-refractivity contribution in [3.05, 3.63) is 47.3 Å². The second kappa shape index (κ2) is 9.10. The summed E-state index contributed by atoms with van der Waals surface area (Å²) in [6.45, 7) is 7.04. The zero-order valence-corrected chi connectivity index (χ0v) is 16.0. The van der Waals surface area contributed by atoms with Crippen LogP contribution in [0.5, 0.6) is 0 Å². The first-order valence-corrected chi connectivity index (χ1v) is 8.98. The van der Waals surface area contributed by atoms with E-state index in [-0.39, 0.29) is 17.6 Å². The number of carbonyl (C=O) groups is 2. The molecule has 0 aliphatic heterocycles. The first-order valence-electron chi connectivity index (χ1n) is 7.99. The van der Waals surface area contributed by atoms with Gasteiger partial charge in [0.25, 0.3) is 5.91 Å². The van der Waals surface area contributed by atoms with E-state index in [0.717, 1.165) is 17.0 Å². The molecule has 2 aromatic rings. The largest absolute Gasteiger partial charge is 0.326 e. The molecule has 2 rings (SSSR count). The molecule has 26 heavy (non-hydrogen) atoms. The smallest absolute Gasteiger partial charge is 0.250 e. The number of nitrogens with zero attached hydrogens (tertiary/aromatic N) is 3. The van der Waals surface area contributed by atoms with Crippen molar-refractivity contribution in [2.75, 3.05) is 11.1 Å². The molecule has 1 heterocycles. The summed E-state index contributed by atoms with van der Waals surface area (Å²) in [5.41, 5.74) is 6.50. The molecule has 0 fully saturated rings. The summed E-state index contributed by atoms with van der Waals surface area (Å²) in [6, 6.07) is 9.10. The monoisotopic (exact) mass is 371 g/mol.